The zero-order valence-corrected chi connectivity index (χ0v) is 7.81. The monoisotopic (exact) mass is 181 g/mol. The van der Waals surface area contributed by atoms with E-state index in [1.165, 1.54) is 0 Å². The Morgan fingerprint density at radius 3 is 3.23 bits per heavy atom. The van der Waals surface area contributed by atoms with Crippen LogP contribution in [-0.2, 0) is 11.8 Å². The molecule has 1 aliphatic rings. The predicted molar refractivity (Wildman–Crippen MR) is 49.1 cm³/mol. The standard InChI is InChI=1S/C9H15N3O/c1-12-6-8(5-11-12)9-7(4-10)2-3-13-9/h5-7,9H,2-4,10H2,1H3/t7-,9-/m1/s1. The van der Waals surface area contributed by atoms with Gasteiger partial charge in [-0.2, -0.15) is 5.10 Å². The summed E-state index contributed by atoms with van der Waals surface area (Å²) in [7, 11) is 1.91. The molecular formula is C9H15N3O. The van der Waals surface area contributed by atoms with Gasteiger partial charge in [0.2, 0.25) is 0 Å². The van der Waals surface area contributed by atoms with E-state index in [1.807, 2.05) is 19.4 Å². The van der Waals surface area contributed by atoms with E-state index in [9.17, 15) is 0 Å². The van der Waals surface area contributed by atoms with E-state index in [0.717, 1.165) is 18.6 Å². The van der Waals surface area contributed by atoms with Gasteiger partial charge in [-0.3, -0.25) is 4.68 Å². The van der Waals surface area contributed by atoms with Gasteiger partial charge >= 0.3 is 0 Å². The van der Waals surface area contributed by atoms with Crippen LogP contribution < -0.4 is 5.73 Å². The van der Waals surface area contributed by atoms with Gasteiger partial charge in [0.05, 0.1) is 12.3 Å². The van der Waals surface area contributed by atoms with E-state index in [-0.39, 0.29) is 6.10 Å². The van der Waals surface area contributed by atoms with Gasteiger partial charge in [0, 0.05) is 31.3 Å². The maximum atomic E-state index is 5.66. The van der Waals surface area contributed by atoms with Crippen molar-refractivity contribution in [3.8, 4) is 0 Å². The highest BCUT2D eigenvalue weighted by molar-refractivity contribution is 5.11. The highest BCUT2D eigenvalue weighted by Gasteiger charge is 2.29. The lowest BCUT2D eigenvalue weighted by atomic mass is 9.98. The fourth-order valence-corrected chi connectivity index (χ4v) is 1.83. The highest BCUT2D eigenvalue weighted by Crippen LogP contribution is 2.33. The van der Waals surface area contributed by atoms with Crippen LogP contribution in [0.5, 0.6) is 0 Å². The summed E-state index contributed by atoms with van der Waals surface area (Å²) >= 11 is 0. The van der Waals surface area contributed by atoms with Crippen molar-refractivity contribution in [1.82, 2.24) is 9.78 Å². The lowest BCUT2D eigenvalue weighted by molar-refractivity contribution is 0.0924. The van der Waals surface area contributed by atoms with Crippen molar-refractivity contribution in [2.75, 3.05) is 13.2 Å². The summed E-state index contributed by atoms with van der Waals surface area (Å²) in [4.78, 5) is 0. The van der Waals surface area contributed by atoms with Crippen molar-refractivity contribution in [3.05, 3.63) is 18.0 Å². The largest absolute Gasteiger partial charge is 0.373 e. The van der Waals surface area contributed by atoms with Crippen molar-refractivity contribution >= 4 is 0 Å². The summed E-state index contributed by atoms with van der Waals surface area (Å²) in [5, 5.41) is 4.13. The molecule has 0 unspecified atom stereocenters. The van der Waals surface area contributed by atoms with Crippen LogP contribution in [-0.4, -0.2) is 22.9 Å². The molecule has 1 aromatic heterocycles. The highest BCUT2D eigenvalue weighted by atomic mass is 16.5. The van der Waals surface area contributed by atoms with Crippen molar-refractivity contribution in [2.45, 2.75) is 12.5 Å². The molecule has 1 aliphatic heterocycles. The van der Waals surface area contributed by atoms with Crippen LogP contribution in [0.1, 0.15) is 18.1 Å². The minimum Gasteiger partial charge on any atom is -0.373 e. The van der Waals surface area contributed by atoms with Crippen LogP contribution in [0.3, 0.4) is 0 Å². The Kier molecular flexibility index (Phi) is 2.33. The molecule has 0 aromatic carbocycles. The molecule has 4 heteroatoms. The smallest absolute Gasteiger partial charge is 0.0896 e. The average Bonchev–Trinajstić information content (AvgIpc) is 2.71. The summed E-state index contributed by atoms with van der Waals surface area (Å²) in [5.41, 5.74) is 6.81. The van der Waals surface area contributed by atoms with Crippen molar-refractivity contribution in [1.29, 1.82) is 0 Å². The van der Waals surface area contributed by atoms with Crippen LogP contribution in [0, 0.1) is 5.92 Å². The number of nitrogens with two attached hydrogens (primary N) is 1. The number of ether oxygens (including phenoxy) is 1. The molecule has 2 atom stereocenters. The summed E-state index contributed by atoms with van der Waals surface area (Å²) < 4.78 is 7.42. The maximum Gasteiger partial charge on any atom is 0.0896 e. The Balaban J connectivity index is 2.15. The minimum atomic E-state index is 0.165. The first-order valence-electron chi connectivity index (χ1n) is 4.61. The molecule has 0 aliphatic carbocycles. The van der Waals surface area contributed by atoms with E-state index < -0.39 is 0 Å². The molecular weight excluding hydrogens is 166 g/mol. The van der Waals surface area contributed by atoms with Crippen LogP contribution in [0.4, 0.5) is 0 Å². The Hall–Kier alpha value is -0.870. The first kappa shape index (κ1) is 8.72. The van der Waals surface area contributed by atoms with Crippen LogP contribution in [0.15, 0.2) is 12.4 Å². The molecule has 72 valence electrons. The third-order valence-corrected chi connectivity index (χ3v) is 2.57. The zero-order valence-electron chi connectivity index (χ0n) is 7.81. The molecule has 0 bridgehead atoms. The number of hydrogen-bond donors (Lipinski definition) is 1. The van der Waals surface area contributed by atoms with E-state index in [1.54, 1.807) is 4.68 Å². The van der Waals surface area contributed by atoms with Crippen LogP contribution in [0.25, 0.3) is 0 Å². The van der Waals surface area contributed by atoms with Gasteiger partial charge in [0.1, 0.15) is 0 Å². The van der Waals surface area contributed by atoms with E-state index in [0.29, 0.717) is 12.5 Å². The van der Waals surface area contributed by atoms with Gasteiger partial charge in [0.15, 0.2) is 0 Å². The number of hydrogen-bond acceptors (Lipinski definition) is 3. The van der Waals surface area contributed by atoms with Gasteiger partial charge in [-0.15, -0.1) is 0 Å². The van der Waals surface area contributed by atoms with Crippen molar-refractivity contribution < 1.29 is 4.74 Å². The molecule has 0 amide bonds. The lowest BCUT2D eigenvalue weighted by Gasteiger charge is -2.14. The lowest BCUT2D eigenvalue weighted by Crippen LogP contribution is -2.17. The average molecular weight is 181 g/mol. The maximum absolute atomic E-state index is 5.66. The normalized spacial score (nSPS) is 28.2. The second-order valence-corrected chi connectivity index (χ2v) is 3.52. The fourth-order valence-electron chi connectivity index (χ4n) is 1.83. The third kappa shape index (κ3) is 1.59. The molecule has 2 rings (SSSR count). The Morgan fingerprint density at radius 1 is 1.77 bits per heavy atom. The first-order chi connectivity index (χ1) is 6.31. The number of nitrogens with zero attached hydrogens (tertiary/aromatic N) is 2. The van der Waals surface area contributed by atoms with Gasteiger partial charge in [-0.25, -0.2) is 0 Å². The molecule has 1 aromatic rings. The summed E-state index contributed by atoms with van der Waals surface area (Å²) in [6.07, 6.45) is 5.09. The van der Waals surface area contributed by atoms with Gasteiger partial charge in [-0.05, 0) is 13.0 Å². The Labute approximate surface area is 77.7 Å². The molecule has 2 heterocycles. The molecule has 1 fully saturated rings. The van der Waals surface area contributed by atoms with Gasteiger partial charge in [-0.1, -0.05) is 0 Å². The fraction of sp³-hybridized carbons (Fsp3) is 0.667. The molecule has 4 nitrogen and oxygen atoms in total. The number of aryl methyl sites for hydroxylation is 1. The third-order valence-electron chi connectivity index (χ3n) is 2.57. The number of rotatable bonds is 2. The van der Waals surface area contributed by atoms with Crippen molar-refractivity contribution in [2.24, 2.45) is 18.7 Å². The Morgan fingerprint density at radius 2 is 2.62 bits per heavy atom. The predicted octanol–water partition coefficient (Wildman–Crippen LogP) is 0.456. The molecule has 1 saturated heterocycles. The summed E-state index contributed by atoms with van der Waals surface area (Å²) in [6, 6.07) is 0. The second kappa shape index (κ2) is 3.47. The SMILES string of the molecule is Cn1cc([C@@H]2OCC[C@@H]2CN)cn1. The van der Waals surface area contributed by atoms with E-state index >= 15 is 0 Å². The first-order valence-corrected chi connectivity index (χ1v) is 4.61. The van der Waals surface area contributed by atoms with E-state index in [2.05, 4.69) is 5.10 Å². The molecule has 0 radical (unpaired) electrons. The Bertz CT molecular complexity index is 284. The van der Waals surface area contributed by atoms with Crippen LogP contribution in [0.2, 0.25) is 0 Å². The quantitative estimate of drug-likeness (QED) is 0.721. The summed E-state index contributed by atoms with van der Waals surface area (Å²) in [5.74, 6) is 0.462. The zero-order chi connectivity index (χ0) is 9.26. The van der Waals surface area contributed by atoms with Gasteiger partial charge < -0.3 is 10.5 Å². The summed E-state index contributed by atoms with van der Waals surface area (Å²) in [6.45, 7) is 1.51. The van der Waals surface area contributed by atoms with Crippen molar-refractivity contribution in [3.63, 3.8) is 0 Å². The topological polar surface area (TPSA) is 53.1 Å². The van der Waals surface area contributed by atoms with Gasteiger partial charge in [0.25, 0.3) is 0 Å². The molecule has 2 N–H and O–H groups in total. The number of aromatic nitrogens is 2. The minimum absolute atomic E-state index is 0.165. The van der Waals surface area contributed by atoms with Crippen LogP contribution >= 0.6 is 0 Å². The molecule has 0 spiro atoms. The van der Waals surface area contributed by atoms with E-state index in [4.69, 9.17) is 10.5 Å². The molecule has 13 heavy (non-hydrogen) atoms. The second-order valence-electron chi connectivity index (χ2n) is 3.52. The molecule has 0 saturated carbocycles.